The summed E-state index contributed by atoms with van der Waals surface area (Å²) in [6, 6.07) is 7.92. The van der Waals surface area contributed by atoms with Crippen molar-refractivity contribution >= 4 is 11.9 Å². The highest BCUT2D eigenvalue weighted by atomic mass is 16.5. The van der Waals surface area contributed by atoms with Gasteiger partial charge in [0.05, 0.1) is 6.61 Å². The first-order chi connectivity index (χ1) is 6.38. The first-order valence-corrected chi connectivity index (χ1v) is 4.36. The molecule has 0 saturated carbocycles. The number of hydrogen-bond acceptors (Lipinski definition) is 3. The van der Waals surface area contributed by atoms with E-state index in [1.165, 1.54) is 0 Å². The van der Waals surface area contributed by atoms with Crippen molar-refractivity contribution in [2.45, 2.75) is 6.42 Å². The van der Waals surface area contributed by atoms with Crippen LogP contribution in [0.4, 0.5) is 5.69 Å². The van der Waals surface area contributed by atoms with E-state index in [0.717, 1.165) is 17.9 Å². The maximum atomic E-state index is 5.57. The highest BCUT2D eigenvalue weighted by molar-refractivity contribution is 5.64. The monoisotopic (exact) mass is 176 g/mol. The lowest BCUT2D eigenvalue weighted by molar-refractivity contribution is 0.329. The van der Waals surface area contributed by atoms with E-state index < -0.39 is 0 Å². The molecule has 0 radical (unpaired) electrons. The second-order valence-corrected chi connectivity index (χ2v) is 2.93. The van der Waals surface area contributed by atoms with Crippen molar-refractivity contribution < 1.29 is 4.74 Å². The van der Waals surface area contributed by atoms with Crippen molar-refractivity contribution in [2.75, 3.05) is 18.7 Å². The Morgan fingerprint density at radius 1 is 1.38 bits per heavy atom. The molecule has 2 rings (SSSR count). The summed E-state index contributed by atoms with van der Waals surface area (Å²) in [5.74, 6) is 0.904. The van der Waals surface area contributed by atoms with E-state index in [4.69, 9.17) is 4.74 Å². The maximum absolute atomic E-state index is 5.57. The van der Waals surface area contributed by atoms with Crippen LogP contribution >= 0.6 is 0 Å². The molecule has 13 heavy (non-hydrogen) atoms. The summed E-state index contributed by atoms with van der Waals surface area (Å²) < 4.78 is 5.57. The topological polar surface area (TPSA) is 24.8 Å². The lowest BCUT2D eigenvalue weighted by atomic mass is 10.3. The van der Waals surface area contributed by atoms with Gasteiger partial charge in [-0.1, -0.05) is 12.1 Å². The van der Waals surface area contributed by atoms with Gasteiger partial charge in [-0.15, -0.1) is 0 Å². The third kappa shape index (κ3) is 1.64. The summed E-state index contributed by atoms with van der Waals surface area (Å²) in [5.41, 5.74) is 1.01. The average Bonchev–Trinajstić information content (AvgIpc) is 2.14. The van der Waals surface area contributed by atoms with Gasteiger partial charge in [-0.3, -0.25) is 5.01 Å². The zero-order chi connectivity index (χ0) is 9.10. The Kier molecular flexibility index (Phi) is 2.17. The lowest BCUT2D eigenvalue weighted by Crippen LogP contribution is -2.14. The molecule has 0 spiro atoms. The Labute approximate surface area is 77.6 Å². The lowest BCUT2D eigenvalue weighted by Gasteiger charge is -2.19. The molecular weight excluding hydrogens is 164 g/mol. The zero-order valence-corrected chi connectivity index (χ0v) is 7.60. The molecule has 1 heterocycles. The van der Waals surface area contributed by atoms with Gasteiger partial charge in [0.1, 0.15) is 11.4 Å². The summed E-state index contributed by atoms with van der Waals surface area (Å²) in [7, 11) is 1.92. The van der Waals surface area contributed by atoms with Crippen LogP contribution in [0.2, 0.25) is 0 Å². The third-order valence-electron chi connectivity index (χ3n) is 1.97. The van der Waals surface area contributed by atoms with Gasteiger partial charge in [0, 0.05) is 19.7 Å². The Morgan fingerprint density at radius 2 is 2.23 bits per heavy atom. The molecule has 1 aliphatic rings. The molecule has 3 nitrogen and oxygen atoms in total. The van der Waals surface area contributed by atoms with E-state index in [9.17, 15) is 0 Å². The summed E-state index contributed by atoms with van der Waals surface area (Å²) in [6.45, 7) is 0.703. The molecule has 3 heteroatoms. The Morgan fingerprint density at radius 3 is 3.15 bits per heavy atom. The van der Waals surface area contributed by atoms with Crippen LogP contribution in [0.15, 0.2) is 29.4 Å². The second-order valence-electron chi connectivity index (χ2n) is 2.93. The average molecular weight is 176 g/mol. The van der Waals surface area contributed by atoms with Gasteiger partial charge in [0.15, 0.2) is 0 Å². The van der Waals surface area contributed by atoms with Crippen LogP contribution in [0.25, 0.3) is 0 Å². The highest BCUT2D eigenvalue weighted by Gasteiger charge is 2.07. The molecule has 0 fully saturated rings. The van der Waals surface area contributed by atoms with Crippen LogP contribution in [-0.4, -0.2) is 19.9 Å². The number of ether oxygens (including phenoxy) is 1. The largest absolute Gasteiger partial charge is 0.491 e. The summed E-state index contributed by atoms with van der Waals surface area (Å²) in [5, 5.41) is 6.08. The maximum Gasteiger partial charge on any atom is 0.144 e. The number of rotatable bonds is 0. The highest BCUT2D eigenvalue weighted by Crippen LogP contribution is 2.27. The quantitative estimate of drug-likeness (QED) is 0.603. The van der Waals surface area contributed by atoms with E-state index in [1.54, 1.807) is 0 Å². The number of hydrazone groups is 1. The van der Waals surface area contributed by atoms with E-state index in [1.807, 2.05) is 42.5 Å². The standard InChI is InChI=1S/C10H12N2O/c1-12-9-5-2-3-6-10(9)13-8-4-7-11-12/h2-3,5-7H,4,8H2,1H3/b11-7+. The van der Waals surface area contributed by atoms with E-state index in [-0.39, 0.29) is 0 Å². The van der Waals surface area contributed by atoms with Crippen molar-refractivity contribution in [2.24, 2.45) is 5.10 Å². The predicted octanol–water partition coefficient (Wildman–Crippen LogP) is 1.89. The SMILES string of the molecule is CN1/N=C/CCOc2ccccc21. The minimum atomic E-state index is 0.703. The van der Waals surface area contributed by atoms with Crippen LogP contribution < -0.4 is 9.75 Å². The molecule has 1 aromatic carbocycles. The number of fused-ring (bicyclic) bond motifs is 1. The first-order valence-electron chi connectivity index (χ1n) is 4.36. The molecule has 0 atom stereocenters. The van der Waals surface area contributed by atoms with Crippen LogP contribution in [0.5, 0.6) is 5.75 Å². The smallest absolute Gasteiger partial charge is 0.144 e. The van der Waals surface area contributed by atoms with E-state index in [0.29, 0.717) is 6.61 Å². The molecule has 68 valence electrons. The van der Waals surface area contributed by atoms with Gasteiger partial charge in [0.2, 0.25) is 0 Å². The Hall–Kier alpha value is -1.51. The number of nitrogens with zero attached hydrogens (tertiary/aromatic N) is 2. The fourth-order valence-corrected chi connectivity index (χ4v) is 1.31. The molecule has 0 N–H and O–H groups in total. The Bertz CT molecular complexity index is 322. The summed E-state index contributed by atoms with van der Waals surface area (Å²) >= 11 is 0. The second kappa shape index (κ2) is 3.47. The van der Waals surface area contributed by atoms with Crippen molar-refractivity contribution in [3.63, 3.8) is 0 Å². The molecule has 0 aliphatic carbocycles. The minimum absolute atomic E-state index is 0.703. The molecule has 0 aromatic heterocycles. The van der Waals surface area contributed by atoms with Gasteiger partial charge in [0.25, 0.3) is 0 Å². The number of anilines is 1. The molecule has 0 amide bonds. The zero-order valence-electron chi connectivity index (χ0n) is 7.60. The van der Waals surface area contributed by atoms with E-state index >= 15 is 0 Å². The van der Waals surface area contributed by atoms with Crippen LogP contribution in [0, 0.1) is 0 Å². The minimum Gasteiger partial charge on any atom is -0.491 e. The van der Waals surface area contributed by atoms with E-state index in [2.05, 4.69) is 5.10 Å². The van der Waals surface area contributed by atoms with Crippen LogP contribution in [0.3, 0.4) is 0 Å². The van der Waals surface area contributed by atoms with Crippen molar-refractivity contribution in [3.05, 3.63) is 24.3 Å². The van der Waals surface area contributed by atoms with Gasteiger partial charge < -0.3 is 4.74 Å². The van der Waals surface area contributed by atoms with Crippen molar-refractivity contribution in [3.8, 4) is 5.75 Å². The molecule has 1 aliphatic heterocycles. The molecule has 0 unspecified atom stereocenters. The van der Waals surface area contributed by atoms with Gasteiger partial charge in [-0.05, 0) is 12.1 Å². The van der Waals surface area contributed by atoms with Gasteiger partial charge in [-0.2, -0.15) is 5.10 Å². The number of hydrogen-bond donors (Lipinski definition) is 0. The number of para-hydroxylation sites is 2. The fraction of sp³-hybridized carbons (Fsp3) is 0.300. The summed E-state index contributed by atoms with van der Waals surface area (Å²) in [4.78, 5) is 0. The number of benzene rings is 1. The first kappa shape index (κ1) is 8.10. The van der Waals surface area contributed by atoms with Crippen molar-refractivity contribution in [1.82, 2.24) is 0 Å². The normalized spacial score (nSPS) is 18.1. The van der Waals surface area contributed by atoms with Crippen LogP contribution in [0.1, 0.15) is 6.42 Å². The molecule has 0 saturated heterocycles. The van der Waals surface area contributed by atoms with Gasteiger partial charge >= 0.3 is 0 Å². The summed E-state index contributed by atoms with van der Waals surface area (Å²) in [6.07, 6.45) is 2.73. The molecule has 0 bridgehead atoms. The molecular formula is C10H12N2O. The third-order valence-corrected chi connectivity index (χ3v) is 1.97. The predicted molar refractivity (Wildman–Crippen MR) is 53.4 cm³/mol. The van der Waals surface area contributed by atoms with Gasteiger partial charge in [-0.25, -0.2) is 0 Å². The molecule has 1 aromatic rings. The fourth-order valence-electron chi connectivity index (χ4n) is 1.31. The van der Waals surface area contributed by atoms with Crippen LogP contribution in [-0.2, 0) is 0 Å². The van der Waals surface area contributed by atoms with Crippen molar-refractivity contribution in [1.29, 1.82) is 0 Å². The Balaban J connectivity index is 2.40.